The Kier molecular flexibility index (Phi) is 5.02. The van der Waals surface area contributed by atoms with Gasteiger partial charge in [-0.15, -0.1) is 5.10 Å². The van der Waals surface area contributed by atoms with Gasteiger partial charge in [0.2, 0.25) is 0 Å². The predicted octanol–water partition coefficient (Wildman–Crippen LogP) is 2.24. The van der Waals surface area contributed by atoms with Gasteiger partial charge in [-0.25, -0.2) is 9.59 Å². The lowest BCUT2D eigenvalue weighted by atomic mass is 10.1. The highest BCUT2D eigenvalue weighted by atomic mass is 16.6. The molecule has 1 aromatic rings. The molecule has 2 saturated heterocycles. The van der Waals surface area contributed by atoms with E-state index >= 15 is 0 Å². The van der Waals surface area contributed by atoms with E-state index in [1.165, 1.54) is 0 Å². The summed E-state index contributed by atoms with van der Waals surface area (Å²) in [7, 11) is 0. The second-order valence-electron chi connectivity index (χ2n) is 7.70. The molecule has 8 nitrogen and oxygen atoms in total. The van der Waals surface area contributed by atoms with Crippen molar-refractivity contribution in [2.45, 2.75) is 58.2 Å². The number of nitrogens with zero attached hydrogens (tertiary/aromatic N) is 4. The van der Waals surface area contributed by atoms with E-state index in [-0.39, 0.29) is 23.9 Å². The molecule has 3 heterocycles. The number of carbonyl (C=O) groups excluding carboxylic acids is 2. The Morgan fingerprint density at radius 3 is 2.46 bits per heavy atom. The summed E-state index contributed by atoms with van der Waals surface area (Å²) in [5.41, 5.74) is 0.520. The average molecular weight is 362 g/mol. The van der Waals surface area contributed by atoms with Gasteiger partial charge >= 0.3 is 12.1 Å². The van der Waals surface area contributed by atoms with E-state index in [9.17, 15) is 9.59 Å². The fraction of sp³-hybridized carbons (Fsp3) is 0.667. The minimum Gasteiger partial charge on any atom is -0.461 e. The Hall–Kier alpha value is -2.38. The summed E-state index contributed by atoms with van der Waals surface area (Å²) in [6.07, 6.45) is 3.29. The van der Waals surface area contributed by atoms with Crippen LogP contribution in [0.2, 0.25) is 0 Å². The quantitative estimate of drug-likeness (QED) is 0.762. The van der Waals surface area contributed by atoms with Gasteiger partial charge in [-0.2, -0.15) is 5.10 Å². The first-order valence-corrected chi connectivity index (χ1v) is 9.04. The van der Waals surface area contributed by atoms with Crippen molar-refractivity contribution in [3.63, 3.8) is 0 Å². The molecule has 2 unspecified atom stereocenters. The molecular weight excluding hydrogens is 336 g/mol. The van der Waals surface area contributed by atoms with Crippen LogP contribution in [0.3, 0.4) is 0 Å². The van der Waals surface area contributed by atoms with Crippen molar-refractivity contribution in [3.05, 3.63) is 18.0 Å². The molecule has 0 spiro atoms. The molecule has 2 bridgehead atoms. The molecule has 1 amide bonds. The zero-order valence-electron chi connectivity index (χ0n) is 15.8. The maximum atomic E-state index is 12.5. The molecule has 26 heavy (non-hydrogen) atoms. The summed E-state index contributed by atoms with van der Waals surface area (Å²) in [4.78, 5) is 28.4. The van der Waals surface area contributed by atoms with E-state index in [2.05, 4.69) is 15.1 Å². The van der Waals surface area contributed by atoms with Crippen molar-refractivity contribution >= 4 is 17.7 Å². The van der Waals surface area contributed by atoms with Gasteiger partial charge in [-0.1, -0.05) is 0 Å². The van der Waals surface area contributed by atoms with Crippen LogP contribution >= 0.6 is 0 Å². The Balaban J connectivity index is 1.72. The minimum absolute atomic E-state index is 0.0998. The fourth-order valence-corrected chi connectivity index (χ4v) is 3.56. The van der Waals surface area contributed by atoms with E-state index in [4.69, 9.17) is 9.47 Å². The molecule has 0 N–H and O–H groups in total. The molecular formula is C18H26N4O4. The SMILES string of the molecule is CCOC(=O)c1cc(N2CC3CCC(C2)N3C(=O)OC(C)(C)C)cnn1. The highest BCUT2D eigenvalue weighted by Gasteiger charge is 2.44. The Morgan fingerprint density at radius 2 is 1.88 bits per heavy atom. The molecule has 3 rings (SSSR count). The third kappa shape index (κ3) is 3.89. The van der Waals surface area contributed by atoms with Crippen LogP contribution in [-0.2, 0) is 9.47 Å². The topological polar surface area (TPSA) is 84.9 Å². The summed E-state index contributed by atoms with van der Waals surface area (Å²) in [6.45, 7) is 9.05. The fourth-order valence-electron chi connectivity index (χ4n) is 3.56. The van der Waals surface area contributed by atoms with E-state index < -0.39 is 11.6 Å². The van der Waals surface area contributed by atoms with Crippen molar-refractivity contribution in [2.24, 2.45) is 0 Å². The van der Waals surface area contributed by atoms with Gasteiger partial charge in [0.25, 0.3) is 0 Å². The highest BCUT2D eigenvalue weighted by molar-refractivity contribution is 5.88. The van der Waals surface area contributed by atoms with Crippen molar-refractivity contribution in [1.29, 1.82) is 0 Å². The van der Waals surface area contributed by atoms with E-state index in [0.717, 1.165) is 18.5 Å². The normalized spacial score (nSPS) is 22.3. The third-order valence-electron chi connectivity index (χ3n) is 4.58. The van der Waals surface area contributed by atoms with Crippen molar-refractivity contribution in [2.75, 3.05) is 24.6 Å². The lowest BCUT2D eigenvalue weighted by Crippen LogP contribution is -2.56. The number of piperazine rings is 1. The molecule has 0 saturated carbocycles. The van der Waals surface area contributed by atoms with E-state index in [0.29, 0.717) is 19.7 Å². The molecule has 2 atom stereocenters. The second kappa shape index (κ2) is 7.09. The third-order valence-corrected chi connectivity index (χ3v) is 4.58. The largest absolute Gasteiger partial charge is 0.461 e. The number of amides is 1. The standard InChI is InChI=1S/C18H26N4O4/c1-5-25-16(23)15-8-14(9-19-20-15)21-10-12-6-7-13(11-21)22(12)17(24)26-18(2,3)4/h8-9,12-13H,5-7,10-11H2,1-4H3. The maximum Gasteiger partial charge on any atom is 0.410 e. The monoisotopic (exact) mass is 362 g/mol. The number of aromatic nitrogens is 2. The molecule has 8 heteroatoms. The van der Waals surface area contributed by atoms with Gasteiger partial charge in [0.1, 0.15) is 5.60 Å². The van der Waals surface area contributed by atoms with Crippen LogP contribution in [0.25, 0.3) is 0 Å². The lowest BCUT2D eigenvalue weighted by molar-refractivity contribution is 0.0123. The highest BCUT2D eigenvalue weighted by Crippen LogP contribution is 2.33. The summed E-state index contributed by atoms with van der Waals surface area (Å²) in [5, 5.41) is 7.79. The summed E-state index contributed by atoms with van der Waals surface area (Å²) < 4.78 is 10.6. The number of hydrogen-bond donors (Lipinski definition) is 0. The number of fused-ring (bicyclic) bond motifs is 2. The molecule has 1 aromatic heterocycles. The van der Waals surface area contributed by atoms with Gasteiger partial charge in [0, 0.05) is 13.1 Å². The predicted molar refractivity (Wildman–Crippen MR) is 95.1 cm³/mol. The number of carbonyl (C=O) groups is 2. The number of hydrogen-bond acceptors (Lipinski definition) is 7. The van der Waals surface area contributed by atoms with Gasteiger partial charge in [0.05, 0.1) is 30.6 Å². The zero-order chi connectivity index (χ0) is 18.9. The first-order chi connectivity index (χ1) is 12.3. The lowest BCUT2D eigenvalue weighted by Gasteiger charge is -2.42. The van der Waals surface area contributed by atoms with Crippen LogP contribution < -0.4 is 4.90 Å². The second-order valence-corrected chi connectivity index (χ2v) is 7.70. The summed E-state index contributed by atoms with van der Waals surface area (Å²) in [5.74, 6) is -0.475. The Labute approximate surface area is 153 Å². The number of rotatable bonds is 3. The van der Waals surface area contributed by atoms with Gasteiger partial charge < -0.3 is 14.4 Å². The number of ether oxygens (including phenoxy) is 2. The van der Waals surface area contributed by atoms with Crippen molar-refractivity contribution < 1.29 is 19.1 Å². The first-order valence-electron chi connectivity index (χ1n) is 9.04. The minimum atomic E-state index is -0.503. The number of anilines is 1. The van der Waals surface area contributed by atoms with E-state index in [1.54, 1.807) is 19.2 Å². The van der Waals surface area contributed by atoms with Gasteiger partial charge in [-0.3, -0.25) is 4.90 Å². The van der Waals surface area contributed by atoms with Crippen LogP contribution in [-0.4, -0.2) is 64.5 Å². The Bertz CT molecular complexity index is 674. The smallest absolute Gasteiger partial charge is 0.410 e. The van der Waals surface area contributed by atoms with Crippen LogP contribution in [0.5, 0.6) is 0 Å². The average Bonchev–Trinajstić information content (AvgIpc) is 2.84. The Morgan fingerprint density at radius 1 is 1.23 bits per heavy atom. The van der Waals surface area contributed by atoms with Crippen LogP contribution in [0.4, 0.5) is 10.5 Å². The first kappa shape index (κ1) is 18.4. The van der Waals surface area contributed by atoms with Gasteiger partial charge in [0.15, 0.2) is 5.69 Å². The van der Waals surface area contributed by atoms with Crippen molar-refractivity contribution in [3.8, 4) is 0 Å². The maximum absolute atomic E-state index is 12.5. The molecule has 0 aromatic carbocycles. The number of esters is 1. The van der Waals surface area contributed by atoms with E-state index in [1.807, 2.05) is 25.7 Å². The molecule has 2 aliphatic heterocycles. The van der Waals surface area contributed by atoms with Gasteiger partial charge in [-0.05, 0) is 46.6 Å². The molecule has 142 valence electrons. The summed E-state index contributed by atoms with van der Waals surface area (Å²) >= 11 is 0. The summed E-state index contributed by atoms with van der Waals surface area (Å²) in [6, 6.07) is 1.90. The van der Waals surface area contributed by atoms with Crippen molar-refractivity contribution in [1.82, 2.24) is 15.1 Å². The molecule has 0 radical (unpaired) electrons. The van der Waals surface area contributed by atoms with Crippen LogP contribution in [0, 0.1) is 0 Å². The van der Waals surface area contributed by atoms with Crippen LogP contribution in [0.15, 0.2) is 12.3 Å². The molecule has 2 fully saturated rings. The molecule has 0 aliphatic carbocycles. The van der Waals surface area contributed by atoms with Crippen LogP contribution in [0.1, 0.15) is 51.0 Å². The molecule has 2 aliphatic rings. The zero-order valence-corrected chi connectivity index (χ0v) is 15.8.